The Bertz CT molecular complexity index is 1330. The molecular formula is C27H22Cl2F2N2O2. The molecule has 4 rings (SSSR count). The van der Waals surface area contributed by atoms with Gasteiger partial charge in [-0.15, -0.1) is 0 Å². The lowest BCUT2D eigenvalue weighted by molar-refractivity contribution is -0.370. The fourth-order valence-electron chi connectivity index (χ4n) is 3.49. The molecule has 0 atom stereocenters. The normalized spacial score (nSPS) is 10.4. The Balaban J connectivity index is 0.00000342. The molecule has 0 spiro atoms. The number of ether oxygens (including phenoxy) is 1. The summed E-state index contributed by atoms with van der Waals surface area (Å²) in [7, 11) is 0. The van der Waals surface area contributed by atoms with Crippen LogP contribution in [0.2, 0.25) is 5.02 Å². The monoisotopic (exact) mass is 514 g/mol. The molecule has 0 fully saturated rings. The third kappa shape index (κ3) is 6.36. The standard InChI is InChI=1S/C27H21ClF2N2O2.ClH/c28-24-10-6-19(16-25(24)30)23-15-20(7-11-26(23)34-13-12-31)27(33)32-22-3-1-2-18(14-22)17-4-8-21(29)9-5-17;/h1-11,14-16H,12-13,31H2,(H,32,33);1H. The van der Waals surface area contributed by atoms with E-state index < -0.39 is 5.82 Å². The summed E-state index contributed by atoms with van der Waals surface area (Å²) in [6.07, 6.45) is 0. The Labute approximate surface area is 213 Å². The van der Waals surface area contributed by atoms with E-state index in [-0.39, 0.29) is 29.2 Å². The molecule has 0 aromatic heterocycles. The number of hydrogen-bond acceptors (Lipinski definition) is 2. The predicted molar refractivity (Wildman–Crippen MR) is 130 cm³/mol. The second-order valence-electron chi connectivity index (χ2n) is 7.58. The topological polar surface area (TPSA) is 66.0 Å². The van der Waals surface area contributed by atoms with Crippen molar-refractivity contribution in [1.82, 2.24) is 0 Å². The summed E-state index contributed by atoms with van der Waals surface area (Å²) in [4.78, 5) is 13.0. The van der Waals surface area contributed by atoms with Crippen LogP contribution in [0.15, 0.2) is 84.9 Å². The van der Waals surface area contributed by atoms with E-state index in [0.29, 0.717) is 41.3 Å². The second kappa shape index (κ2) is 11.8. The van der Waals surface area contributed by atoms with E-state index >= 15 is 0 Å². The highest BCUT2D eigenvalue weighted by molar-refractivity contribution is 6.30. The predicted octanol–water partition coefficient (Wildman–Crippen LogP) is 2.83. The van der Waals surface area contributed by atoms with E-state index in [2.05, 4.69) is 11.1 Å². The average Bonchev–Trinajstić information content (AvgIpc) is 2.85. The molecule has 1 amide bonds. The summed E-state index contributed by atoms with van der Waals surface area (Å²) in [5.41, 5.74) is 7.50. The highest BCUT2D eigenvalue weighted by Crippen LogP contribution is 2.33. The van der Waals surface area contributed by atoms with Crippen molar-refractivity contribution in [2.45, 2.75) is 0 Å². The molecule has 0 heterocycles. The van der Waals surface area contributed by atoms with Gasteiger partial charge in [-0.2, -0.15) is 0 Å². The van der Waals surface area contributed by atoms with Gasteiger partial charge >= 0.3 is 0 Å². The largest absolute Gasteiger partial charge is 1.00 e. The highest BCUT2D eigenvalue weighted by atomic mass is 35.5. The Morgan fingerprint density at radius 2 is 1.63 bits per heavy atom. The Kier molecular flexibility index (Phi) is 8.82. The van der Waals surface area contributed by atoms with E-state index in [1.165, 1.54) is 24.3 Å². The second-order valence-corrected chi connectivity index (χ2v) is 7.99. The molecule has 0 aliphatic heterocycles. The molecular weight excluding hydrogens is 493 g/mol. The van der Waals surface area contributed by atoms with Crippen LogP contribution < -0.4 is 28.2 Å². The van der Waals surface area contributed by atoms with Crippen molar-refractivity contribution in [1.29, 1.82) is 0 Å². The van der Waals surface area contributed by atoms with Crippen LogP contribution in [0.5, 0.6) is 5.75 Å². The van der Waals surface area contributed by atoms with Crippen LogP contribution in [0.4, 0.5) is 14.5 Å². The lowest BCUT2D eigenvalue weighted by atomic mass is 10.0. The SMILES string of the molecule is [Cl-].[NH3+]CCOc1ccc(C(=O)Nc2cccc(-c3ccc(F)cc3)c2)cc1-c1ccc(Cl)c(F)c1. The zero-order valence-corrected chi connectivity index (χ0v) is 20.0. The Morgan fingerprint density at radius 1 is 0.886 bits per heavy atom. The van der Waals surface area contributed by atoms with E-state index in [0.717, 1.165) is 11.1 Å². The molecule has 0 aliphatic rings. The molecule has 4 N–H and O–H groups in total. The van der Waals surface area contributed by atoms with Crippen molar-refractivity contribution < 1.29 is 36.5 Å². The fraction of sp³-hybridized carbons (Fsp3) is 0.0741. The van der Waals surface area contributed by atoms with Gasteiger partial charge < -0.3 is 28.2 Å². The summed E-state index contributed by atoms with van der Waals surface area (Å²) in [5.74, 6) is -0.696. The number of quaternary nitrogens is 1. The third-order valence-electron chi connectivity index (χ3n) is 5.17. The molecule has 0 saturated carbocycles. The molecule has 4 nitrogen and oxygen atoms in total. The Hall–Kier alpha value is -3.45. The van der Waals surface area contributed by atoms with Crippen LogP contribution in [-0.2, 0) is 0 Å². The minimum Gasteiger partial charge on any atom is -1.00 e. The minimum absolute atomic E-state index is 0. The number of anilines is 1. The molecule has 180 valence electrons. The third-order valence-corrected chi connectivity index (χ3v) is 5.48. The molecule has 0 unspecified atom stereocenters. The first-order valence-corrected chi connectivity index (χ1v) is 11.0. The van der Waals surface area contributed by atoms with E-state index in [1.54, 1.807) is 42.5 Å². The van der Waals surface area contributed by atoms with Crippen molar-refractivity contribution in [2.75, 3.05) is 18.5 Å². The van der Waals surface area contributed by atoms with Gasteiger partial charge in [-0.25, -0.2) is 8.78 Å². The van der Waals surface area contributed by atoms with Gasteiger partial charge in [-0.05, 0) is 71.3 Å². The van der Waals surface area contributed by atoms with Crippen molar-refractivity contribution in [2.24, 2.45) is 0 Å². The number of nitrogens with one attached hydrogen (secondary N) is 1. The van der Waals surface area contributed by atoms with E-state index in [9.17, 15) is 13.6 Å². The number of carbonyl (C=O) groups is 1. The van der Waals surface area contributed by atoms with Crippen molar-refractivity contribution in [3.05, 3.63) is 107 Å². The van der Waals surface area contributed by atoms with Crippen molar-refractivity contribution >= 4 is 23.2 Å². The van der Waals surface area contributed by atoms with Gasteiger partial charge in [0.2, 0.25) is 0 Å². The molecule has 0 bridgehead atoms. The molecule has 4 aromatic rings. The van der Waals surface area contributed by atoms with Crippen molar-refractivity contribution in [3.8, 4) is 28.0 Å². The Morgan fingerprint density at radius 3 is 2.34 bits per heavy atom. The molecule has 0 radical (unpaired) electrons. The minimum atomic E-state index is -0.560. The van der Waals surface area contributed by atoms with Crippen LogP contribution in [-0.4, -0.2) is 19.1 Å². The van der Waals surface area contributed by atoms with E-state index in [4.69, 9.17) is 16.3 Å². The number of halogens is 4. The van der Waals surface area contributed by atoms with E-state index in [1.807, 2.05) is 18.2 Å². The fourth-order valence-corrected chi connectivity index (χ4v) is 3.61. The van der Waals surface area contributed by atoms with Gasteiger partial charge in [-0.1, -0.05) is 41.9 Å². The molecule has 35 heavy (non-hydrogen) atoms. The average molecular weight is 515 g/mol. The maximum absolute atomic E-state index is 14.1. The number of rotatable bonds is 7. The molecule has 4 aromatic carbocycles. The summed E-state index contributed by atoms with van der Waals surface area (Å²) in [6.45, 7) is 0.936. The van der Waals surface area contributed by atoms with Crippen LogP contribution in [0.1, 0.15) is 10.4 Å². The van der Waals surface area contributed by atoms with Crippen LogP contribution in [0.25, 0.3) is 22.3 Å². The van der Waals surface area contributed by atoms with Gasteiger partial charge in [-0.3, -0.25) is 4.79 Å². The number of carbonyl (C=O) groups excluding carboxylic acids is 1. The lowest BCUT2D eigenvalue weighted by Gasteiger charge is -2.14. The van der Waals surface area contributed by atoms with Gasteiger partial charge in [0.1, 0.15) is 30.5 Å². The molecule has 8 heteroatoms. The molecule has 0 aliphatic carbocycles. The zero-order valence-electron chi connectivity index (χ0n) is 18.5. The maximum atomic E-state index is 14.1. The number of benzene rings is 4. The van der Waals surface area contributed by atoms with Gasteiger partial charge in [0.25, 0.3) is 5.91 Å². The quantitative estimate of drug-likeness (QED) is 0.398. The summed E-state index contributed by atoms with van der Waals surface area (Å²) < 4.78 is 33.1. The number of hydrogen-bond donors (Lipinski definition) is 2. The smallest absolute Gasteiger partial charge is 0.255 e. The van der Waals surface area contributed by atoms with Crippen LogP contribution >= 0.6 is 11.6 Å². The summed E-state index contributed by atoms with van der Waals surface area (Å²) in [6, 6.07) is 22.8. The first kappa shape index (κ1) is 26.2. The number of amides is 1. The lowest BCUT2D eigenvalue weighted by Crippen LogP contribution is -3.00. The van der Waals surface area contributed by atoms with Gasteiger partial charge in [0, 0.05) is 16.8 Å². The maximum Gasteiger partial charge on any atom is 0.255 e. The van der Waals surface area contributed by atoms with Gasteiger partial charge in [0.15, 0.2) is 0 Å². The zero-order chi connectivity index (χ0) is 24.1. The summed E-state index contributed by atoms with van der Waals surface area (Å²) >= 11 is 5.83. The van der Waals surface area contributed by atoms with Crippen molar-refractivity contribution in [3.63, 3.8) is 0 Å². The van der Waals surface area contributed by atoms with Crippen LogP contribution in [0.3, 0.4) is 0 Å². The first-order valence-electron chi connectivity index (χ1n) is 10.6. The highest BCUT2D eigenvalue weighted by Gasteiger charge is 2.14. The summed E-state index contributed by atoms with van der Waals surface area (Å²) in [5, 5.41) is 2.90. The van der Waals surface area contributed by atoms with Crippen LogP contribution in [0, 0.1) is 11.6 Å². The first-order chi connectivity index (χ1) is 16.4. The van der Waals surface area contributed by atoms with Gasteiger partial charge in [0.05, 0.1) is 5.02 Å². The molecule has 0 saturated heterocycles.